The van der Waals surface area contributed by atoms with Crippen molar-refractivity contribution in [3.05, 3.63) is 41.4 Å². The molecule has 0 bridgehead atoms. The summed E-state index contributed by atoms with van der Waals surface area (Å²) in [4.78, 5) is 34.1. The van der Waals surface area contributed by atoms with Crippen LogP contribution in [0.5, 0.6) is 0 Å². The van der Waals surface area contributed by atoms with Crippen LogP contribution in [-0.4, -0.2) is 49.5 Å². The number of halogens is 1. The van der Waals surface area contributed by atoms with Crippen molar-refractivity contribution in [1.82, 2.24) is 24.9 Å². The van der Waals surface area contributed by atoms with Crippen LogP contribution in [0, 0.1) is 5.92 Å². The number of fused-ring (bicyclic) bond motifs is 1. The van der Waals surface area contributed by atoms with Crippen molar-refractivity contribution in [2.75, 3.05) is 16.0 Å². The number of imidazole rings is 1. The zero-order chi connectivity index (χ0) is 26.1. The highest BCUT2D eigenvalue weighted by molar-refractivity contribution is 6.29. The molecule has 6 rings (SSSR count). The minimum absolute atomic E-state index is 0.205. The molecular formula is C27H33ClN8O2. The van der Waals surface area contributed by atoms with Gasteiger partial charge in [-0.15, -0.1) is 5.10 Å². The fourth-order valence-corrected chi connectivity index (χ4v) is 5.70. The molecule has 2 amide bonds. The van der Waals surface area contributed by atoms with Gasteiger partial charge in [-0.25, -0.2) is 14.5 Å². The van der Waals surface area contributed by atoms with E-state index in [-0.39, 0.29) is 29.8 Å². The quantitative estimate of drug-likeness (QED) is 0.309. The molecule has 3 heterocycles. The molecule has 0 saturated heterocycles. The topological polar surface area (TPSA) is 125 Å². The molecular weight excluding hydrogens is 504 g/mol. The lowest BCUT2D eigenvalue weighted by Crippen LogP contribution is -2.42. The highest BCUT2D eigenvalue weighted by atomic mass is 35.5. The van der Waals surface area contributed by atoms with Gasteiger partial charge in [0.1, 0.15) is 11.0 Å². The van der Waals surface area contributed by atoms with Gasteiger partial charge in [-0.05, 0) is 63.5 Å². The van der Waals surface area contributed by atoms with Crippen molar-refractivity contribution in [3.8, 4) is 0 Å². The summed E-state index contributed by atoms with van der Waals surface area (Å²) in [6, 6.07) is 6.16. The van der Waals surface area contributed by atoms with Crippen molar-refractivity contribution in [2.24, 2.45) is 5.92 Å². The van der Waals surface area contributed by atoms with E-state index in [0.717, 1.165) is 57.1 Å². The fraction of sp³-hybridized carbons (Fsp3) is 0.519. The molecule has 0 radical (unpaired) electrons. The number of aromatic nitrogens is 4. The molecule has 4 N–H and O–H groups in total. The van der Waals surface area contributed by atoms with Crippen LogP contribution in [-0.2, 0) is 4.79 Å². The molecule has 10 nitrogen and oxygen atoms in total. The van der Waals surface area contributed by atoms with Crippen molar-refractivity contribution in [1.29, 1.82) is 0 Å². The molecule has 11 heteroatoms. The van der Waals surface area contributed by atoms with Gasteiger partial charge in [-0.1, -0.05) is 24.4 Å². The van der Waals surface area contributed by atoms with Crippen LogP contribution in [0.1, 0.15) is 74.7 Å². The zero-order valence-electron chi connectivity index (χ0n) is 21.3. The first kappa shape index (κ1) is 24.9. The number of carbonyl (C=O) groups excluding carboxylic acids is 2. The van der Waals surface area contributed by atoms with Crippen LogP contribution < -0.4 is 21.3 Å². The second-order valence-corrected chi connectivity index (χ2v) is 11.1. The number of anilines is 3. The van der Waals surface area contributed by atoms with Crippen LogP contribution in [0.3, 0.4) is 0 Å². The van der Waals surface area contributed by atoms with E-state index in [0.29, 0.717) is 34.0 Å². The minimum atomic E-state index is -0.333. The third-order valence-corrected chi connectivity index (χ3v) is 7.98. The second-order valence-electron chi connectivity index (χ2n) is 10.7. The van der Waals surface area contributed by atoms with E-state index < -0.39 is 0 Å². The Bertz CT molecular complexity index is 1330. The predicted molar refractivity (Wildman–Crippen MR) is 147 cm³/mol. The molecule has 0 aromatic carbocycles. The molecule has 200 valence electrons. The maximum atomic E-state index is 13.1. The van der Waals surface area contributed by atoms with Gasteiger partial charge >= 0.3 is 0 Å². The second kappa shape index (κ2) is 10.8. The molecule has 3 fully saturated rings. The smallest absolute Gasteiger partial charge is 0.276 e. The van der Waals surface area contributed by atoms with E-state index in [2.05, 4.69) is 31.2 Å². The third kappa shape index (κ3) is 5.70. The molecule has 0 unspecified atom stereocenters. The lowest BCUT2D eigenvalue weighted by atomic mass is 9.90. The Balaban J connectivity index is 1.16. The predicted octanol–water partition coefficient (Wildman–Crippen LogP) is 4.63. The Labute approximate surface area is 226 Å². The van der Waals surface area contributed by atoms with E-state index in [1.807, 2.05) is 6.07 Å². The Morgan fingerprint density at radius 3 is 2.34 bits per heavy atom. The maximum Gasteiger partial charge on any atom is 0.276 e. The van der Waals surface area contributed by atoms with Gasteiger partial charge < -0.3 is 21.3 Å². The summed E-state index contributed by atoms with van der Waals surface area (Å²) < 4.78 is 1.60. The van der Waals surface area contributed by atoms with Crippen LogP contribution >= 0.6 is 11.6 Å². The molecule has 3 aliphatic rings. The number of rotatable bonds is 8. The van der Waals surface area contributed by atoms with Gasteiger partial charge in [0.15, 0.2) is 11.3 Å². The summed E-state index contributed by atoms with van der Waals surface area (Å²) >= 11 is 5.97. The Morgan fingerprint density at radius 1 is 0.895 bits per heavy atom. The van der Waals surface area contributed by atoms with Crippen molar-refractivity contribution >= 4 is 46.3 Å². The van der Waals surface area contributed by atoms with Crippen LogP contribution in [0.4, 0.5) is 17.2 Å². The number of nitrogens with zero attached hydrogens (tertiary/aromatic N) is 4. The minimum Gasteiger partial charge on any atom is -0.379 e. The highest BCUT2D eigenvalue weighted by Gasteiger charge is 2.28. The third-order valence-electron chi connectivity index (χ3n) is 7.77. The summed E-state index contributed by atoms with van der Waals surface area (Å²) in [5.74, 6) is 0.802. The van der Waals surface area contributed by atoms with E-state index >= 15 is 0 Å². The molecule has 3 aromatic rings. The molecule has 0 atom stereocenters. The number of nitrogens with one attached hydrogen (secondary N) is 4. The lowest BCUT2D eigenvalue weighted by Gasteiger charge is -2.30. The number of hydrogen-bond acceptors (Lipinski definition) is 7. The number of amides is 2. The lowest BCUT2D eigenvalue weighted by molar-refractivity contribution is -0.125. The van der Waals surface area contributed by atoms with Crippen molar-refractivity contribution in [3.63, 3.8) is 0 Å². The van der Waals surface area contributed by atoms with Gasteiger partial charge in [-0.2, -0.15) is 0 Å². The Morgan fingerprint density at radius 2 is 1.61 bits per heavy atom. The van der Waals surface area contributed by atoms with Crippen LogP contribution in [0.25, 0.3) is 5.65 Å². The first-order valence-corrected chi connectivity index (χ1v) is 14.0. The van der Waals surface area contributed by atoms with Crippen molar-refractivity contribution < 1.29 is 9.59 Å². The van der Waals surface area contributed by atoms with E-state index in [9.17, 15) is 9.59 Å². The Kier molecular flexibility index (Phi) is 7.06. The van der Waals surface area contributed by atoms with Gasteiger partial charge in [0, 0.05) is 42.0 Å². The number of carbonyl (C=O) groups is 2. The van der Waals surface area contributed by atoms with Crippen molar-refractivity contribution in [2.45, 2.75) is 82.3 Å². The zero-order valence-corrected chi connectivity index (χ0v) is 22.0. The van der Waals surface area contributed by atoms with Gasteiger partial charge in [0.2, 0.25) is 5.91 Å². The average molecular weight is 537 g/mol. The number of pyridine rings is 1. The summed E-state index contributed by atoms with van der Waals surface area (Å²) in [5.41, 5.74) is 2.34. The van der Waals surface area contributed by atoms with E-state index in [1.54, 1.807) is 29.0 Å². The molecule has 38 heavy (non-hydrogen) atoms. The Hall–Kier alpha value is -3.40. The van der Waals surface area contributed by atoms with Crippen LogP contribution in [0.15, 0.2) is 30.6 Å². The van der Waals surface area contributed by atoms with E-state index in [4.69, 9.17) is 16.7 Å². The van der Waals surface area contributed by atoms with E-state index in [1.165, 1.54) is 12.8 Å². The molecule has 3 saturated carbocycles. The maximum absolute atomic E-state index is 13.1. The van der Waals surface area contributed by atoms with Gasteiger partial charge in [-0.3, -0.25) is 9.59 Å². The molecule has 0 spiro atoms. The summed E-state index contributed by atoms with van der Waals surface area (Å²) in [6.45, 7) is 0. The first-order chi connectivity index (χ1) is 18.5. The average Bonchev–Trinajstić information content (AvgIpc) is 3.36. The van der Waals surface area contributed by atoms with Gasteiger partial charge in [0.25, 0.3) is 5.91 Å². The largest absolute Gasteiger partial charge is 0.379 e. The van der Waals surface area contributed by atoms with Gasteiger partial charge in [0.05, 0.1) is 11.9 Å². The fourth-order valence-electron chi connectivity index (χ4n) is 5.52. The monoisotopic (exact) mass is 536 g/mol. The number of hydrogen-bond donors (Lipinski definition) is 4. The molecule has 3 aromatic heterocycles. The van der Waals surface area contributed by atoms with Crippen LogP contribution in [0.2, 0.25) is 5.15 Å². The summed E-state index contributed by atoms with van der Waals surface area (Å²) in [6.07, 6.45) is 13.5. The normalized spacial score (nSPS) is 21.8. The first-order valence-electron chi connectivity index (χ1n) is 13.7. The summed E-state index contributed by atoms with van der Waals surface area (Å²) in [7, 11) is 0. The summed E-state index contributed by atoms with van der Waals surface area (Å²) in [5, 5.41) is 18.3. The molecule has 0 aliphatic heterocycles. The highest BCUT2D eigenvalue weighted by Crippen LogP contribution is 2.30. The SMILES string of the molecule is O=C(Nc1ccnc(Cl)c1)c1cnc2c(NC3CC3)cc(NC3CCC(NC(=O)C4CCCC4)CC3)nn12. The molecule has 3 aliphatic carbocycles. The standard InChI is InChI=1S/C27H33ClN8O2/c28-23-13-20(11-12-29-23)34-27(38)22-15-30-25-21(31-17-5-6-17)14-24(35-36(22)25)32-18-7-9-19(10-8-18)33-26(37)16-3-1-2-4-16/h11-19,31H,1-10H2,(H,32,35)(H,33,37)(H,29,34,38).